The summed E-state index contributed by atoms with van der Waals surface area (Å²) in [5, 5.41) is 4.51. The Morgan fingerprint density at radius 2 is 2.50 bits per heavy atom. The molecule has 0 unspecified atom stereocenters. The zero-order valence-corrected chi connectivity index (χ0v) is 9.52. The number of hydrogen-bond acceptors (Lipinski definition) is 2. The quantitative estimate of drug-likeness (QED) is 0.726. The molecule has 84 valence electrons. The van der Waals surface area contributed by atoms with Crippen molar-refractivity contribution in [3.63, 3.8) is 0 Å². The molecule has 0 amide bonds. The van der Waals surface area contributed by atoms with E-state index in [4.69, 9.17) is 4.74 Å². The van der Waals surface area contributed by atoms with Gasteiger partial charge in [-0.1, -0.05) is 30.9 Å². The van der Waals surface area contributed by atoms with Crippen molar-refractivity contribution in [3.05, 3.63) is 42.6 Å². The summed E-state index contributed by atoms with van der Waals surface area (Å²) >= 11 is 0. The smallest absolute Gasteiger partial charge is 0.212 e. The van der Waals surface area contributed by atoms with Gasteiger partial charge in [0.1, 0.15) is 0 Å². The summed E-state index contributed by atoms with van der Waals surface area (Å²) < 4.78 is 7.45. The first-order chi connectivity index (χ1) is 7.85. The van der Waals surface area contributed by atoms with Crippen LogP contribution in [0.25, 0.3) is 5.57 Å². The summed E-state index contributed by atoms with van der Waals surface area (Å²) in [5.41, 5.74) is 2.04. The van der Waals surface area contributed by atoms with Crippen LogP contribution in [0.4, 0.5) is 0 Å². The highest BCUT2D eigenvalue weighted by Crippen LogP contribution is 2.23. The first-order valence-electron chi connectivity index (χ1n) is 5.51. The van der Waals surface area contributed by atoms with Crippen molar-refractivity contribution in [3.8, 4) is 5.88 Å². The zero-order chi connectivity index (χ0) is 11.4. The molecule has 0 fully saturated rings. The van der Waals surface area contributed by atoms with Gasteiger partial charge in [-0.25, -0.2) is 4.68 Å². The normalized spacial score (nSPS) is 15.9. The van der Waals surface area contributed by atoms with Crippen LogP contribution in [0.15, 0.2) is 36.9 Å². The highest BCUT2D eigenvalue weighted by atomic mass is 16.5. The number of nitrogens with zero attached hydrogens (tertiary/aromatic N) is 2. The van der Waals surface area contributed by atoms with Gasteiger partial charge >= 0.3 is 0 Å². The number of ether oxygens (including phenoxy) is 1. The third-order valence-corrected chi connectivity index (χ3v) is 2.53. The van der Waals surface area contributed by atoms with Gasteiger partial charge in [-0.15, -0.1) is 0 Å². The van der Waals surface area contributed by atoms with Crippen molar-refractivity contribution in [1.82, 2.24) is 9.78 Å². The number of allylic oxidation sites excluding steroid dienone is 5. The van der Waals surface area contributed by atoms with Crippen LogP contribution >= 0.6 is 0 Å². The minimum atomic E-state index is 0.790. The fraction of sp³-hybridized carbons (Fsp3) is 0.308. The number of aryl methyl sites for hydroxylation is 1. The summed E-state index contributed by atoms with van der Waals surface area (Å²) in [4.78, 5) is 0. The van der Waals surface area contributed by atoms with Gasteiger partial charge in [0.15, 0.2) is 0 Å². The Kier molecular flexibility index (Phi) is 3.25. The molecule has 0 radical (unpaired) electrons. The van der Waals surface area contributed by atoms with Crippen LogP contribution in [0.3, 0.4) is 0 Å². The van der Waals surface area contributed by atoms with E-state index in [1.54, 1.807) is 6.08 Å². The Bertz CT molecular complexity index is 417. The van der Waals surface area contributed by atoms with Crippen molar-refractivity contribution in [2.75, 3.05) is 6.61 Å². The van der Waals surface area contributed by atoms with E-state index >= 15 is 0 Å². The van der Waals surface area contributed by atoms with E-state index < -0.39 is 0 Å². The van der Waals surface area contributed by atoms with E-state index in [1.807, 2.05) is 35.9 Å². The Morgan fingerprint density at radius 3 is 3.19 bits per heavy atom. The lowest BCUT2D eigenvalue weighted by molar-refractivity contribution is 0.230. The average molecular weight is 216 g/mol. The maximum Gasteiger partial charge on any atom is 0.212 e. The summed E-state index contributed by atoms with van der Waals surface area (Å²) in [5.74, 6) is 0.868. The second kappa shape index (κ2) is 4.84. The third kappa shape index (κ3) is 2.08. The minimum absolute atomic E-state index is 0.790. The number of rotatable bonds is 3. The van der Waals surface area contributed by atoms with E-state index in [2.05, 4.69) is 11.7 Å². The van der Waals surface area contributed by atoms with Crippen LogP contribution in [0, 0.1) is 0 Å². The molecule has 0 atom stereocenters. The monoisotopic (exact) mass is 216 g/mol. The molecule has 0 aliphatic carbocycles. The van der Waals surface area contributed by atoms with E-state index in [-0.39, 0.29) is 0 Å². The second-order valence-electron chi connectivity index (χ2n) is 3.63. The average Bonchev–Trinajstić information content (AvgIpc) is 2.73. The Balaban J connectivity index is 2.29. The van der Waals surface area contributed by atoms with Gasteiger partial charge in [-0.05, 0) is 12.5 Å². The van der Waals surface area contributed by atoms with Gasteiger partial charge in [0.25, 0.3) is 0 Å². The number of hydrogen-bond donors (Lipinski definition) is 0. The molecular formula is C13H16N2O. The van der Waals surface area contributed by atoms with Gasteiger partial charge in [0.2, 0.25) is 5.88 Å². The lowest BCUT2D eigenvalue weighted by Crippen LogP contribution is -2.14. The summed E-state index contributed by atoms with van der Waals surface area (Å²) in [6, 6.07) is 1.99. The molecule has 0 saturated heterocycles. The predicted octanol–water partition coefficient (Wildman–Crippen LogP) is 2.81. The molecule has 2 rings (SSSR count). The van der Waals surface area contributed by atoms with Crippen molar-refractivity contribution < 1.29 is 4.74 Å². The first-order valence-corrected chi connectivity index (χ1v) is 5.51. The van der Waals surface area contributed by atoms with Crippen molar-refractivity contribution in [2.45, 2.75) is 19.9 Å². The van der Waals surface area contributed by atoms with Crippen molar-refractivity contribution in [1.29, 1.82) is 0 Å². The molecular weight excluding hydrogens is 200 g/mol. The van der Waals surface area contributed by atoms with Crippen molar-refractivity contribution >= 4 is 5.57 Å². The highest BCUT2D eigenvalue weighted by molar-refractivity contribution is 5.72. The van der Waals surface area contributed by atoms with E-state index in [1.165, 1.54) is 0 Å². The van der Waals surface area contributed by atoms with E-state index in [9.17, 15) is 0 Å². The highest BCUT2D eigenvalue weighted by Gasteiger charge is 2.13. The third-order valence-electron chi connectivity index (χ3n) is 2.53. The molecule has 0 N–H and O–H groups in total. The SMILES string of the molecule is C=C/C=C\C(=C/C)c1cc2n(n1)CCCO2. The maximum atomic E-state index is 5.53. The van der Waals surface area contributed by atoms with E-state index in [0.29, 0.717) is 0 Å². The summed E-state index contributed by atoms with van der Waals surface area (Å²) in [6.45, 7) is 7.40. The van der Waals surface area contributed by atoms with Crippen LogP contribution < -0.4 is 4.74 Å². The van der Waals surface area contributed by atoms with Gasteiger partial charge in [0.05, 0.1) is 12.3 Å². The van der Waals surface area contributed by atoms with Crippen molar-refractivity contribution in [2.24, 2.45) is 0 Å². The van der Waals surface area contributed by atoms with E-state index in [0.717, 1.165) is 36.7 Å². The molecule has 2 heterocycles. The molecule has 0 aromatic carbocycles. The molecule has 1 aromatic rings. The zero-order valence-electron chi connectivity index (χ0n) is 9.52. The molecule has 16 heavy (non-hydrogen) atoms. The number of aromatic nitrogens is 2. The Morgan fingerprint density at radius 1 is 1.62 bits per heavy atom. The second-order valence-corrected chi connectivity index (χ2v) is 3.63. The van der Waals surface area contributed by atoms with Crippen LogP contribution in [0.1, 0.15) is 19.0 Å². The molecule has 3 heteroatoms. The lowest BCUT2D eigenvalue weighted by Gasteiger charge is -2.13. The number of fused-ring (bicyclic) bond motifs is 1. The standard InChI is InChI=1S/C13H16N2O/c1-3-5-7-11(4-2)12-10-13-15(14-12)8-6-9-16-13/h3-5,7,10H,1,6,8-9H2,2H3/b7-5-,11-4+. The van der Waals surface area contributed by atoms with Gasteiger partial charge < -0.3 is 4.74 Å². The first kappa shape index (κ1) is 10.7. The van der Waals surface area contributed by atoms with Crippen LogP contribution in [-0.2, 0) is 6.54 Å². The molecule has 1 aliphatic rings. The summed E-state index contributed by atoms with van der Waals surface area (Å²) in [6.07, 6.45) is 8.74. The lowest BCUT2D eigenvalue weighted by atomic mass is 10.1. The molecule has 1 aliphatic heterocycles. The predicted molar refractivity (Wildman–Crippen MR) is 65.3 cm³/mol. The Labute approximate surface area is 95.7 Å². The maximum absolute atomic E-state index is 5.53. The topological polar surface area (TPSA) is 27.1 Å². The van der Waals surface area contributed by atoms with Gasteiger partial charge in [0, 0.05) is 19.0 Å². The largest absolute Gasteiger partial charge is 0.478 e. The van der Waals surface area contributed by atoms with Crippen LogP contribution in [0.2, 0.25) is 0 Å². The molecule has 0 spiro atoms. The molecule has 1 aromatic heterocycles. The fourth-order valence-corrected chi connectivity index (χ4v) is 1.71. The summed E-state index contributed by atoms with van der Waals surface area (Å²) in [7, 11) is 0. The van der Waals surface area contributed by atoms with Gasteiger partial charge in [-0.3, -0.25) is 0 Å². The molecule has 3 nitrogen and oxygen atoms in total. The van der Waals surface area contributed by atoms with Crippen LogP contribution in [0.5, 0.6) is 5.88 Å². The Hall–Kier alpha value is -1.77. The minimum Gasteiger partial charge on any atom is -0.478 e. The molecule has 0 bridgehead atoms. The molecule has 0 saturated carbocycles. The fourth-order valence-electron chi connectivity index (χ4n) is 1.71. The van der Waals surface area contributed by atoms with Crippen LogP contribution in [-0.4, -0.2) is 16.4 Å². The van der Waals surface area contributed by atoms with Gasteiger partial charge in [-0.2, -0.15) is 5.10 Å².